The van der Waals surface area contributed by atoms with E-state index >= 15 is 0 Å². The highest BCUT2D eigenvalue weighted by Crippen LogP contribution is 2.30. The van der Waals surface area contributed by atoms with Crippen molar-refractivity contribution in [1.82, 2.24) is 9.80 Å². The number of hydrogen-bond donors (Lipinski definition) is 0. The van der Waals surface area contributed by atoms with Gasteiger partial charge in [-0.2, -0.15) is 0 Å². The van der Waals surface area contributed by atoms with E-state index in [4.69, 9.17) is 16.0 Å². The maximum atomic E-state index is 13.5. The van der Waals surface area contributed by atoms with Crippen LogP contribution in [0.15, 0.2) is 71.3 Å². The van der Waals surface area contributed by atoms with Crippen molar-refractivity contribution in [2.24, 2.45) is 5.92 Å². The number of nitrogens with zero attached hydrogens (tertiary/aromatic N) is 2. The topological polar surface area (TPSA) is 36.7 Å². The molecule has 0 spiro atoms. The fourth-order valence-electron chi connectivity index (χ4n) is 4.62. The minimum Gasteiger partial charge on any atom is -0.459 e. The van der Waals surface area contributed by atoms with E-state index in [1.807, 2.05) is 42.3 Å². The molecule has 4 rings (SSSR count). The molecule has 1 aromatic heterocycles. The molecule has 4 nitrogen and oxygen atoms in total. The Morgan fingerprint density at radius 1 is 1.16 bits per heavy atom. The molecule has 32 heavy (non-hydrogen) atoms. The fourth-order valence-corrected chi connectivity index (χ4v) is 4.84. The molecule has 1 atom stereocenters. The van der Waals surface area contributed by atoms with Crippen LogP contribution in [0.3, 0.4) is 0 Å². The van der Waals surface area contributed by atoms with Crippen LogP contribution in [0.25, 0.3) is 0 Å². The van der Waals surface area contributed by atoms with Crippen molar-refractivity contribution in [2.75, 3.05) is 20.1 Å². The van der Waals surface area contributed by atoms with Gasteiger partial charge in [-0.25, -0.2) is 4.39 Å². The molecule has 1 aliphatic rings. The molecule has 1 fully saturated rings. The highest BCUT2D eigenvalue weighted by atomic mass is 35.5. The second-order valence-corrected chi connectivity index (χ2v) is 8.91. The highest BCUT2D eigenvalue weighted by Gasteiger charge is 2.33. The minimum atomic E-state index is -0.199. The summed E-state index contributed by atoms with van der Waals surface area (Å²) in [7, 11) is 1.85. The van der Waals surface area contributed by atoms with Gasteiger partial charge in [-0.3, -0.25) is 9.69 Å². The van der Waals surface area contributed by atoms with Crippen LogP contribution in [0.2, 0.25) is 5.02 Å². The first-order valence-corrected chi connectivity index (χ1v) is 11.4. The zero-order chi connectivity index (χ0) is 22.5. The lowest BCUT2D eigenvalue weighted by Crippen LogP contribution is -2.47. The summed E-state index contributed by atoms with van der Waals surface area (Å²) in [5.41, 5.74) is 2.03. The van der Waals surface area contributed by atoms with Crippen LogP contribution in [0.5, 0.6) is 0 Å². The van der Waals surface area contributed by atoms with E-state index in [1.165, 1.54) is 12.3 Å². The van der Waals surface area contributed by atoms with Gasteiger partial charge in [-0.05, 0) is 79.7 Å². The molecule has 1 unspecified atom stereocenters. The Morgan fingerprint density at radius 2 is 1.94 bits per heavy atom. The molecule has 0 N–H and O–H groups in total. The summed E-state index contributed by atoms with van der Waals surface area (Å²) in [5.74, 6) is 0.364. The summed E-state index contributed by atoms with van der Waals surface area (Å²) in [6.45, 7) is 2.55. The molecule has 0 aliphatic carbocycles. The molecule has 1 aliphatic heterocycles. The third kappa shape index (κ3) is 5.40. The van der Waals surface area contributed by atoms with Gasteiger partial charge in [0.25, 0.3) is 5.91 Å². The lowest BCUT2D eigenvalue weighted by molar-refractivity contribution is 0.0556. The number of likely N-dealkylation sites (tertiary alicyclic amines) is 1. The van der Waals surface area contributed by atoms with Gasteiger partial charge in [0.05, 0.1) is 6.26 Å². The average molecular weight is 455 g/mol. The molecule has 168 valence electrons. The van der Waals surface area contributed by atoms with Crippen molar-refractivity contribution in [1.29, 1.82) is 0 Å². The van der Waals surface area contributed by atoms with E-state index in [0.717, 1.165) is 48.6 Å². The summed E-state index contributed by atoms with van der Waals surface area (Å²) in [6.07, 6.45) is 4.13. The summed E-state index contributed by atoms with van der Waals surface area (Å²) in [4.78, 5) is 17.2. The van der Waals surface area contributed by atoms with E-state index in [-0.39, 0.29) is 17.8 Å². The lowest BCUT2D eigenvalue weighted by Gasteiger charge is -2.40. The summed E-state index contributed by atoms with van der Waals surface area (Å²) in [6, 6.07) is 18.0. The zero-order valence-corrected chi connectivity index (χ0v) is 19.0. The van der Waals surface area contributed by atoms with Crippen LogP contribution in [-0.4, -0.2) is 41.9 Å². The Kier molecular flexibility index (Phi) is 7.28. The van der Waals surface area contributed by atoms with E-state index in [9.17, 15) is 9.18 Å². The standard InChI is InChI=1S/C26H28ClFN2O2/c1-29(26(31)25-10-5-15-32-25)24(17-21-7-2-3-9-23(21)27)20-11-13-30(14-12-20)18-19-6-4-8-22(28)16-19/h2-10,15-16,20,24H,11-14,17-18H2,1H3. The van der Waals surface area contributed by atoms with Crippen LogP contribution < -0.4 is 0 Å². The molecule has 3 aromatic rings. The van der Waals surface area contributed by atoms with Gasteiger partial charge in [0.2, 0.25) is 0 Å². The second kappa shape index (κ2) is 10.3. The zero-order valence-electron chi connectivity index (χ0n) is 18.2. The van der Waals surface area contributed by atoms with Gasteiger partial charge >= 0.3 is 0 Å². The number of carbonyl (C=O) groups excluding carboxylic acids is 1. The Bertz CT molecular complexity index is 1030. The Morgan fingerprint density at radius 3 is 2.62 bits per heavy atom. The number of hydrogen-bond acceptors (Lipinski definition) is 3. The predicted octanol–water partition coefficient (Wildman–Crippen LogP) is 5.67. The predicted molar refractivity (Wildman–Crippen MR) is 124 cm³/mol. The minimum absolute atomic E-state index is 0.00354. The molecule has 6 heteroatoms. The summed E-state index contributed by atoms with van der Waals surface area (Å²) >= 11 is 6.46. The maximum absolute atomic E-state index is 13.5. The monoisotopic (exact) mass is 454 g/mol. The Labute approximate surface area is 193 Å². The first-order valence-electron chi connectivity index (χ1n) is 11.0. The van der Waals surface area contributed by atoms with Crippen molar-refractivity contribution < 1.29 is 13.6 Å². The van der Waals surface area contributed by atoms with Crippen LogP contribution in [0, 0.1) is 11.7 Å². The molecular weight excluding hydrogens is 427 g/mol. The maximum Gasteiger partial charge on any atom is 0.289 e. The third-order valence-corrected chi connectivity index (χ3v) is 6.78. The van der Waals surface area contributed by atoms with Gasteiger partial charge in [-0.15, -0.1) is 0 Å². The summed E-state index contributed by atoms with van der Waals surface area (Å²) < 4.78 is 18.9. The second-order valence-electron chi connectivity index (χ2n) is 8.50. The molecular formula is C26H28ClFN2O2. The van der Waals surface area contributed by atoms with E-state index in [0.29, 0.717) is 18.1 Å². The van der Waals surface area contributed by atoms with E-state index in [1.54, 1.807) is 24.3 Å². The first-order chi connectivity index (χ1) is 15.5. The smallest absolute Gasteiger partial charge is 0.289 e. The van der Waals surface area contributed by atoms with Crippen molar-refractivity contribution in [3.8, 4) is 0 Å². The lowest BCUT2D eigenvalue weighted by atomic mass is 9.84. The van der Waals surface area contributed by atoms with Gasteiger partial charge in [0, 0.05) is 24.7 Å². The number of carbonyl (C=O) groups is 1. The van der Waals surface area contributed by atoms with Gasteiger partial charge in [-0.1, -0.05) is 41.9 Å². The number of amides is 1. The fraction of sp³-hybridized carbons (Fsp3) is 0.346. The van der Waals surface area contributed by atoms with Crippen LogP contribution in [-0.2, 0) is 13.0 Å². The molecule has 0 saturated carbocycles. The van der Waals surface area contributed by atoms with Crippen LogP contribution >= 0.6 is 11.6 Å². The normalized spacial score (nSPS) is 16.1. The average Bonchev–Trinajstić information content (AvgIpc) is 3.33. The number of halogens is 2. The van der Waals surface area contributed by atoms with Gasteiger partial charge < -0.3 is 9.32 Å². The number of likely N-dealkylation sites (N-methyl/N-ethyl adjacent to an activating group) is 1. The molecule has 0 radical (unpaired) electrons. The molecule has 1 saturated heterocycles. The third-order valence-electron chi connectivity index (χ3n) is 6.41. The number of piperidine rings is 1. The largest absolute Gasteiger partial charge is 0.459 e. The van der Waals surface area contributed by atoms with Crippen molar-refractivity contribution in [2.45, 2.75) is 31.8 Å². The molecule has 2 aromatic carbocycles. The SMILES string of the molecule is CN(C(=O)c1ccco1)C(Cc1ccccc1Cl)C1CCN(Cc2cccc(F)c2)CC1. The number of rotatable bonds is 7. The van der Waals surface area contributed by atoms with Crippen molar-refractivity contribution >= 4 is 17.5 Å². The van der Waals surface area contributed by atoms with Crippen molar-refractivity contribution in [3.63, 3.8) is 0 Å². The Hall–Kier alpha value is -2.63. The molecule has 1 amide bonds. The molecule has 2 heterocycles. The van der Waals surface area contributed by atoms with Gasteiger partial charge in [0.15, 0.2) is 5.76 Å². The summed E-state index contributed by atoms with van der Waals surface area (Å²) in [5, 5.41) is 0.722. The van der Waals surface area contributed by atoms with Crippen molar-refractivity contribution in [3.05, 3.63) is 94.7 Å². The Balaban J connectivity index is 1.47. The number of furan rings is 1. The van der Waals surface area contributed by atoms with E-state index < -0.39 is 0 Å². The number of benzene rings is 2. The quantitative estimate of drug-likeness (QED) is 0.461. The van der Waals surface area contributed by atoms with Gasteiger partial charge in [0.1, 0.15) is 5.82 Å². The van der Waals surface area contributed by atoms with Crippen LogP contribution in [0.1, 0.15) is 34.5 Å². The highest BCUT2D eigenvalue weighted by molar-refractivity contribution is 6.31. The van der Waals surface area contributed by atoms with Crippen LogP contribution in [0.4, 0.5) is 4.39 Å². The van der Waals surface area contributed by atoms with E-state index in [2.05, 4.69) is 4.90 Å². The first kappa shape index (κ1) is 22.6. The molecule has 0 bridgehead atoms.